The van der Waals surface area contributed by atoms with Crippen LogP contribution in [-0.4, -0.2) is 30.6 Å². The molecule has 1 saturated heterocycles. The quantitative estimate of drug-likeness (QED) is 0.886. The third-order valence-electron chi connectivity index (χ3n) is 3.87. The SMILES string of the molecule is CCCOc1ccc(C(C)N2CCCC(N)C2)cc1. The Morgan fingerprint density at radius 3 is 2.74 bits per heavy atom. The van der Waals surface area contributed by atoms with Gasteiger partial charge in [-0.3, -0.25) is 4.90 Å². The van der Waals surface area contributed by atoms with Crippen molar-refractivity contribution in [3.8, 4) is 5.75 Å². The lowest BCUT2D eigenvalue weighted by Gasteiger charge is -2.35. The molecule has 2 unspecified atom stereocenters. The lowest BCUT2D eigenvalue weighted by Crippen LogP contribution is -2.43. The molecule has 0 radical (unpaired) electrons. The summed E-state index contributed by atoms with van der Waals surface area (Å²) in [6.45, 7) is 7.34. The van der Waals surface area contributed by atoms with E-state index in [1.807, 2.05) is 0 Å². The van der Waals surface area contributed by atoms with Crippen molar-refractivity contribution in [3.63, 3.8) is 0 Å². The van der Waals surface area contributed by atoms with Crippen molar-refractivity contribution in [2.24, 2.45) is 5.73 Å². The summed E-state index contributed by atoms with van der Waals surface area (Å²) in [6, 6.07) is 9.28. The van der Waals surface area contributed by atoms with Crippen molar-refractivity contribution in [1.29, 1.82) is 0 Å². The Labute approximate surface area is 116 Å². The van der Waals surface area contributed by atoms with Crippen molar-refractivity contribution >= 4 is 0 Å². The number of rotatable bonds is 5. The van der Waals surface area contributed by atoms with Crippen LogP contribution in [0.3, 0.4) is 0 Å². The van der Waals surface area contributed by atoms with Crippen LogP contribution in [0.25, 0.3) is 0 Å². The second-order valence-electron chi connectivity index (χ2n) is 5.49. The van der Waals surface area contributed by atoms with E-state index in [0.29, 0.717) is 12.1 Å². The third-order valence-corrected chi connectivity index (χ3v) is 3.87. The van der Waals surface area contributed by atoms with E-state index in [4.69, 9.17) is 10.5 Å². The maximum absolute atomic E-state index is 6.06. The fourth-order valence-electron chi connectivity index (χ4n) is 2.67. The Hall–Kier alpha value is -1.06. The molecule has 0 bridgehead atoms. The highest BCUT2D eigenvalue weighted by molar-refractivity contribution is 5.29. The standard InChI is InChI=1S/C16H26N2O/c1-3-11-19-16-8-6-14(7-9-16)13(2)18-10-4-5-15(17)12-18/h6-9,13,15H,3-5,10-12,17H2,1-2H3. The Bertz CT molecular complexity index is 377. The lowest BCUT2D eigenvalue weighted by molar-refractivity contribution is 0.159. The first-order valence-electron chi connectivity index (χ1n) is 7.43. The van der Waals surface area contributed by atoms with Crippen LogP contribution in [0.4, 0.5) is 0 Å². The fraction of sp³-hybridized carbons (Fsp3) is 0.625. The van der Waals surface area contributed by atoms with E-state index in [1.165, 1.54) is 12.0 Å². The summed E-state index contributed by atoms with van der Waals surface area (Å²) >= 11 is 0. The van der Waals surface area contributed by atoms with E-state index in [1.54, 1.807) is 0 Å². The summed E-state index contributed by atoms with van der Waals surface area (Å²) in [4.78, 5) is 2.48. The summed E-state index contributed by atoms with van der Waals surface area (Å²) in [6.07, 6.45) is 3.42. The molecule has 0 aromatic heterocycles. The van der Waals surface area contributed by atoms with Gasteiger partial charge in [0, 0.05) is 18.6 Å². The smallest absolute Gasteiger partial charge is 0.119 e. The molecule has 2 N–H and O–H groups in total. The van der Waals surface area contributed by atoms with E-state index in [2.05, 4.69) is 43.0 Å². The van der Waals surface area contributed by atoms with Crippen molar-refractivity contribution in [2.75, 3.05) is 19.7 Å². The average Bonchev–Trinajstić information content (AvgIpc) is 2.45. The highest BCUT2D eigenvalue weighted by Crippen LogP contribution is 2.25. The molecule has 1 heterocycles. The summed E-state index contributed by atoms with van der Waals surface area (Å²) in [7, 11) is 0. The Kier molecular flexibility index (Phi) is 5.23. The zero-order valence-corrected chi connectivity index (χ0v) is 12.1. The maximum atomic E-state index is 6.06. The predicted molar refractivity (Wildman–Crippen MR) is 79.4 cm³/mol. The summed E-state index contributed by atoms with van der Waals surface area (Å²) in [5.41, 5.74) is 7.40. The normalized spacial score (nSPS) is 22.2. The molecule has 1 fully saturated rings. The molecule has 0 amide bonds. The number of ether oxygens (including phenoxy) is 1. The fourth-order valence-corrected chi connectivity index (χ4v) is 2.67. The van der Waals surface area contributed by atoms with Crippen molar-refractivity contribution in [2.45, 2.75) is 45.2 Å². The van der Waals surface area contributed by atoms with E-state index in [-0.39, 0.29) is 0 Å². The van der Waals surface area contributed by atoms with Crippen LogP contribution in [0.5, 0.6) is 5.75 Å². The molecule has 0 spiro atoms. The van der Waals surface area contributed by atoms with Gasteiger partial charge in [0.2, 0.25) is 0 Å². The van der Waals surface area contributed by atoms with Crippen LogP contribution in [0, 0.1) is 0 Å². The van der Waals surface area contributed by atoms with Gasteiger partial charge in [0.15, 0.2) is 0 Å². The van der Waals surface area contributed by atoms with E-state index in [9.17, 15) is 0 Å². The number of benzene rings is 1. The second kappa shape index (κ2) is 6.92. The summed E-state index contributed by atoms with van der Waals surface area (Å²) in [5, 5.41) is 0. The first-order valence-corrected chi connectivity index (χ1v) is 7.43. The Balaban J connectivity index is 1.96. The zero-order valence-electron chi connectivity index (χ0n) is 12.1. The molecule has 3 nitrogen and oxygen atoms in total. The minimum absolute atomic E-state index is 0.336. The maximum Gasteiger partial charge on any atom is 0.119 e. The van der Waals surface area contributed by atoms with Gasteiger partial charge in [0.25, 0.3) is 0 Å². The minimum atomic E-state index is 0.336. The van der Waals surface area contributed by atoms with Crippen LogP contribution in [0.2, 0.25) is 0 Å². The van der Waals surface area contributed by atoms with E-state index in [0.717, 1.165) is 38.3 Å². The van der Waals surface area contributed by atoms with Crippen LogP contribution < -0.4 is 10.5 Å². The molecular weight excluding hydrogens is 236 g/mol. The molecule has 1 aromatic carbocycles. The first kappa shape index (κ1) is 14.4. The number of piperidine rings is 1. The van der Waals surface area contributed by atoms with Gasteiger partial charge in [-0.2, -0.15) is 0 Å². The number of likely N-dealkylation sites (tertiary alicyclic amines) is 1. The molecule has 0 aliphatic carbocycles. The van der Waals surface area contributed by atoms with Crippen molar-refractivity contribution in [3.05, 3.63) is 29.8 Å². The number of nitrogens with zero attached hydrogens (tertiary/aromatic N) is 1. The largest absolute Gasteiger partial charge is 0.494 e. The number of hydrogen-bond acceptors (Lipinski definition) is 3. The van der Waals surface area contributed by atoms with Crippen LogP contribution in [0.15, 0.2) is 24.3 Å². The minimum Gasteiger partial charge on any atom is -0.494 e. The third kappa shape index (κ3) is 3.95. The second-order valence-corrected chi connectivity index (χ2v) is 5.49. The monoisotopic (exact) mass is 262 g/mol. The Morgan fingerprint density at radius 1 is 1.37 bits per heavy atom. The highest BCUT2D eigenvalue weighted by Gasteiger charge is 2.22. The van der Waals surface area contributed by atoms with Gasteiger partial charge in [-0.05, 0) is 50.4 Å². The zero-order chi connectivity index (χ0) is 13.7. The van der Waals surface area contributed by atoms with Gasteiger partial charge in [-0.15, -0.1) is 0 Å². The lowest BCUT2D eigenvalue weighted by atomic mass is 10.0. The molecule has 3 heteroatoms. The topological polar surface area (TPSA) is 38.5 Å². The van der Waals surface area contributed by atoms with Gasteiger partial charge >= 0.3 is 0 Å². The number of hydrogen-bond donors (Lipinski definition) is 1. The molecule has 106 valence electrons. The van der Waals surface area contributed by atoms with Gasteiger partial charge in [0.1, 0.15) is 5.75 Å². The van der Waals surface area contributed by atoms with E-state index >= 15 is 0 Å². The molecule has 2 rings (SSSR count). The van der Waals surface area contributed by atoms with Gasteiger partial charge < -0.3 is 10.5 Å². The van der Waals surface area contributed by atoms with Crippen LogP contribution >= 0.6 is 0 Å². The average molecular weight is 262 g/mol. The first-order chi connectivity index (χ1) is 9.20. The van der Waals surface area contributed by atoms with Gasteiger partial charge in [0.05, 0.1) is 6.61 Å². The van der Waals surface area contributed by atoms with Gasteiger partial charge in [-0.25, -0.2) is 0 Å². The molecule has 1 aliphatic heterocycles. The molecule has 1 aromatic rings. The van der Waals surface area contributed by atoms with E-state index < -0.39 is 0 Å². The summed E-state index contributed by atoms with van der Waals surface area (Å²) < 4.78 is 5.62. The molecule has 1 aliphatic rings. The van der Waals surface area contributed by atoms with Gasteiger partial charge in [-0.1, -0.05) is 19.1 Å². The highest BCUT2D eigenvalue weighted by atomic mass is 16.5. The summed E-state index contributed by atoms with van der Waals surface area (Å²) in [5.74, 6) is 0.966. The Morgan fingerprint density at radius 2 is 2.11 bits per heavy atom. The molecule has 19 heavy (non-hydrogen) atoms. The predicted octanol–water partition coefficient (Wildman–Crippen LogP) is 2.96. The van der Waals surface area contributed by atoms with Crippen LogP contribution in [-0.2, 0) is 0 Å². The molecule has 2 atom stereocenters. The number of nitrogens with two attached hydrogens (primary N) is 1. The van der Waals surface area contributed by atoms with Crippen LogP contribution in [0.1, 0.15) is 44.7 Å². The van der Waals surface area contributed by atoms with Crippen molar-refractivity contribution in [1.82, 2.24) is 4.90 Å². The molecular formula is C16H26N2O. The van der Waals surface area contributed by atoms with Crippen molar-refractivity contribution < 1.29 is 4.74 Å². The molecule has 0 saturated carbocycles.